The van der Waals surface area contributed by atoms with Crippen LogP contribution in [0.5, 0.6) is 0 Å². The Labute approximate surface area is 164 Å². The molecule has 0 aliphatic carbocycles. The summed E-state index contributed by atoms with van der Waals surface area (Å²) in [5, 5.41) is 2.97. The number of aryl methyl sites for hydroxylation is 1. The molecule has 0 radical (unpaired) electrons. The first-order chi connectivity index (χ1) is 12.9. The molecule has 3 rings (SSSR count). The van der Waals surface area contributed by atoms with Crippen molar-refractivity contribution in [2.75, 3.05) is 31.6 Å². The highest BCUT2D eigenvalue weighted by atomic mass is 35.5. The lowest BCUT2D eigenvalue weighted by Gasteiger charge is -2.26. The smallest absolute Gasteiger partial charge is 0.257 e. The first-order valence-corrected chi connectivity index (χ1v) is 10.5. The van der Waals surface area contributed by atoms with Crippen molar-refractivity contribution in [2.45, 2.75) is 18.2 Å². The second-order valence-electron chi connectivity index (χ2n) is 6.17. The lowest BCUT2D eigenvalue weighted by molar-refractivity contribution is 0.0730. The molecular formula is C19H21ClN2O4S. The summed E-state index contributed by atoms with van der Waals surface area (Å²) >= 11 is 6.16. The third-order valence-electron chi connectivity index (χ3n) is 4.38. The number of carbonyl (C=O) groups is 1. The Kier molecular flexibility index (Phi) is 6.16. The predicted octanol–water partition coefficient (Wildman–Crippen LogP) is 3.18. The van der Waals surface area contributed by atoms with Crippen LogP contribution in [0.3, 0.4) is 0 Å². The van der Waals surface area contributed by atoms with Crippen molar-refractivity contribution in [1.29, 1.82) is 0 Å². The Balaban J connectivity index is 1.87. The van der Waals surface area contributed by atoms with Crippen molar-refractivity contribution in [3.05, 3.63) is 58.6 Å². The molecule has 144 valence electrons. The van der Waals surface area contributed by atoms with Gasteiger partial charge < -0.3 is 10.1 Å². The highest BCUT2D eigenvalue weighted by Gasteiger charge is 2.27. The second kappa shape index (κ2) is 8.39. The van der Waals surface area contributed by atoms with E-state index >= 15 is 0 Å². The average molecular weight is 409 g/mol. The van der Waals surface area contributed by atoms with Gasteiger partial charge in [-0.25, -0.2) is 8.42 Å². The Morgan fingerprint density at radius 3 is 2.63 bits per heavy atom. The molecule has 2 aromatic carbocycles. The van der Waals surface area contributed by atoms with Crippen LogP contribution < -0.4 is 5.32 Å². The van der Waals surface area contributed by atoms with Crippen LogP contribution in [-0.2, 0) is 21.2 Å². The van der Waals surface area contributed by atoms with E-state index in [0.29, 0.717) is 18.9 Å². The molecule has 1 saturated heterocycles. The molecule has 0 atom stereocenters. The van der Waals surface area contributed by atoms with Gasteiger partial charge in [-0.2, -0.15) is 4.31 Å². The lowest BCUT2D eigenvalue weighted by atomic mass is 10.1. The minimum absolute atomic E-state index is 0.0428. The number of morpholine rings is 1. The van der Waals surface area contributed by atoms with Gasteiger partial charge in [0.25, 0.3) is 5.91 Å². The maximum Gasteiger partial charge on any atom is 0.257 e. The van der Waals surface area contributed by atoms with Gasteiger partial charge in [0.05, 0.1) is 28.7 Å². The number of ether oxygens (including phenoxy) is 1. The fraction of sp³-hybridized carbons (Fsp3) is 0.316. The molecule has 0 saturated carbocycles. The minimum atomic E-state index is -3.70. The van der Waals surface area contributed by atoms with Gasteiger partial charge in [-0.15, -0.1) is 0 Å². The summed E-state index contributed by atoms with van der Waals surface area (Å²) in [5.41, 5.74) is 1.84. The number of rotatable bonds is 5. The minimum Gasteiger partial charge on any atom is -0.379 e. The van der Waals surface area contributed by atoms with Gasteiger partial charge in [0.1, 0.15) is 0 Å². The van der Waals surface area contributed by atoms with Crippen molar-refractivity contribution in [3.8, 4) is 0 Å². The van der Waals surface area contributed by atoms with Gasteiger partial charge in [-0.1, -0.05) is 30.7 Å². The number of nitrogens with one attached hydrogen (secondary N) is 1. The number of halogens is 1. The van der Waals surface area contributed by atoms with Crippen LogP contribution in [0.1, 0.15) is 22.8 Å². The molecule has 27 heavy (non-hydrogen) atoms. The number of benzene rings is 2. The Hall–Kier alpha value is -1.93. The molecule has 2 aromatic rings. The molecule has 1 aliphatic heterocycles. The number of sulfonamides is 1. The largest absolute Gasteiger partial charge is 0.379 e. The summed E-state index contributed by atoms with van der Waals surface area (Å²) in [6.45, 7) is 3.31. The number of nitrogens with zero attached hydrogens (tertiary/aromatic N) is 1. The molecule has 1 fully saturated rings. The van der Waals surface area contributed by atoms with Crippen LogP contribution >= 0.6 is 11.6 Å². The van der Waals surface area contributed by atoms with Crippen LogP contribution in [0.2, 0.25) is 5.02 Å². The van der Waals surface area contributed by atoms with Gasteiger partial charge in [-0.3, -0.25) is 4.79 Å². The number of anilines is 1. The molecule has 1 heterocycles. The third-order valence-corrected chi connectivity index (χ3v) is 6.61. The summed E-state index contributed by atoms with van der Waals surface area (Å²) in [5.74, 6) is -0.452. The summed E-state index contributed by atoms with van der Waals surface area (Å²) in [7, 11) is -3.70. The molecule has 1 aliphatic rings. The van der Waals surface area contributed by atoms with E-state index in [0.717, 1.165) is 12.0 Å². The summed E-state index contributed by atoms with van der Waals surface area (Å²) in [4.78, 5) is 12.7. The number of hydrogen-bond donors (Lipinski definition) is 1. The van der Waals surface area contributed by atoms with Crippen molar-refractivity contribution < 1.29 is 17.9 Å². The van der Waals surface area contributed by atoms with E-state index < -0.39 is 15.9 Å². The van der Waals surface area contributed by atoms with Gasteiger partial charge in [0, 0.05) is 18.8 Å². The molecule has 0 aromatic heterocycles. The van der Waals surface area contributed by atoms with E-state index in [-0.39, 0.29) is 28.6 Å². The van der Waals surface area contributed by atoms with E-state index in [1.807, 2.05) is 25.1 Å². The molecule has 1 N–H and O–H groups in total. The van der Waals surface area contributed by atoms with Crippen molar-refractivity contribution >= 4 is 33.2 Å². The predicted molar refractivity (Wildman–Crippen MR) is 105 cm³/mol. The van der Waals surface area contributed by atoms with Crippen LogP contribution in [-0.4, -0.2) is 44.9 Å². The fourth-order valence-electron chi connectivity index (χ4n) is 2.84. The standard InChI is InChI=1S/C19H21ClN2O4S/c1-2-14-4-3-5-15(12-14)21-19(23)17-13-16(6-7-18(17)20)27(24,25)22-8-10-26-11-9-22/h3-7,12-13H,2,8-11H2,1H3,(H,21,23). The zero-order valence-corrected chi connectivity index (χ0v) is 16.5. The quantitative estimate of drug-likeness (QED) is 0.824. The Morgan fingerprint density at radius 2 is 1.93 bits per heavy atom. The molecular weight excluding hydrogens is 388 g/mol. The van der Waals surface area contributed by atoms with E-state index in [1.165, 1.54) is 22.5 Å². The van der Waals surface area contributed by atoms with Gasteiger partial charge in [-0.05, 0) is 42.3 Å². The fourth-order valence-corrected chi connectivity index (χ4v) is 4.48. The molecule has 1 amide bonds. The Bertz CT molecular complexity index is 940. The topological polar surface area (TPSA) is 75.7 Å². The van der Waals surface area contributed by atoms with Crippen molar-refractivity contribution in [1.82, 2.24) is 4.31 Å². The summed E-state index contributed by atoms with van der Waals surface area (Å²) < 4.78 is 32.2. The number of hydrogen-bond acceptors (Lipinski definition) is 4. The van der Waals surface area contributed by atoms with Gasteiger partial charge in [0.15, 0.2) is 0 Å². The second-order valence-corrected chi connectivity index (χ2v) is 8.51. The van der Waals surface area contributed by atoms with Crippen molar-refractivity contribution in [2.24, 2.45) is 0 Å². The van der Waals surface area contributed by atoms with Crippen LogP contribution in [0.15, 0.2) is 47.4 Å². The van der Waals surface area contributed by atoms with Gasteiger partial charge >= 0.3 is 0 Å². The summed E-state index contributed by atoms with van der Waals surface area (Å²) in [6, 6.07) is 11.7. The zero-order chi connectivity index (χ0) is 19.4. The van der Waals surface area contributed by atoms with E-state index in [4.69, 9.17) is 16.3 Å². The maximum atomic E-state index is 12.8. The zero-order valence-electron chi connectivity index (χ0n) is 14.9. The molecule has 0 unspecified atom stereocenters. The summed E-state index contributed by atoms with van der Waals surface area (Å²) in [6.07, 6.45) is 0.845. The molecule has 0 spiro atoms. The third kappa shape index (κ3) is 4.50. The highest BCUT2D eigenvalue weighted by molar-refractivity contribution is 7.89. The van der Waals surface area contributed by atoms with Crippen LogP contribution in [0, 0.1) is 0 Å². The number of amides is 1. The van der Waals surface area contributed by atoms with Crippen LogP contribution in [0.25, 0.3) is 0 Å². The van der Waals surface area contributed by atoms with E-state index in [1.54, 1.807) is 6.07 Å². The molecule has 0 bridgehead atoms. The highest BCUT2D eigenvalue weighted by Crippen LogP contribution is 2.24. The normalized spacial score (nSPS) is 15.5. The first kappa shape index (κ1) is 19.8. The first-order valence-electron chi connectivity index (χ1n) is 8.69. The molecule has 8 heteroatoms. The monoisotopic (exact) mass is 408 g/mol. The lowest BCUT2D eigenvalue weighted by Crippen LogP contribution is -2.40. The average Bonchev–Trinajstić information content (AvgIpc) is 2.69. The number of carbonyl (C=O) groups excluding carboxylic acids is 1. The van der Waals surface area contributed by atoms with Gasteiger partial charge in [0.2, 0.25) is 10.0 Å². The molecule has 6 nitrogen and oxygen atoms in total. The Morgan fingerprint density at radius 1 is 1.19 bits per heavy atom. The van der Waals surface area contributed by atoms with Crippen molar-refractivity contribution in [3.63, 3.8) is 0 Å². The maximum absolute atomic E-state index is 12.8. The van der Waals surface area contributed by atoms with E-state index in [9.17, 15) is 13.2 Å². The SMILES string of the molecule is CCc1cccc(NC(=O)c2cc(S(=O)(=O)N3CCOCC3)ccc2Cl)c1. The van der Waals surface area contributed by atoms with E-state index in [2.05, 4.69) is 5.32 Å². The van der Waals surface area contributed by atoms with Crippen LogP contribution in [0.4, 0.5) is 5.69 Å².